The second-order valence-corrected chi connectivity index (χ2v) is 12.5. The van der Waals surface area contributed by atoms with Gasteiger partial charge in [-0.15, -0.1) is 16.3 Å². The third-order valence-electron chi connectivity index (χ3n) is 8.63. The van der Waals surface area contributed by atoms with Gasteiger partial charge in [-0.1, -0.05) is 66.7 Å². The molecule has 10 heteroatoms. The summed E-state index contributed by atoms with van der Waals surface area (Å²) < 4.78 is 25.3. The summed E-state index contributed by atoms with van der Waals surface area (Å²) >= 11 is 1.55. The number of anilines is 1. The van der Waals surface area contributed by atoms with Crippen molar-refractivity contribution in [3.8, 4) is 16.2 Å². The van der Waals surface area contributed by atoms with Crippen LogP contribution in [-0.2, 0) is 23.4 Å². The molecule has 4 aromatic carbocycles. The fraction of sp³-hybridized carbons (Fsp3) is 0.184. The molecule has 0 spiro atoms. The number of carbonyl (C=O) groups is 1. The third kappa shape index (κ3) is 6.20. The van der Waals surface area contributed by atoms with Gasteiger partial charge in [-0.05, 0) is 66.1 Å². The molecule has 0 saturated heterocycles. The zero-order valence-electron chi connectivity index (χ0n) is 27.1. The lowest BCUT2D eigenvalue weighted by Crippen LogP contribution is -2.53. The lowest BCUT2D eigenvalue weighted by Gasteiger charge is -2.42. The van der Waals surface area contributed by atoms with E-state index in [0.29, 0.717) is 12.5 Å². The number of amides is 1. The summed E-state index contributed by atoms with van der Waals surface area (Å²) in [7, 11) is 5.44. The van der Waals surface area contributed by atoms with Gasteiger partial charge < -0.3 is 14.4 Å². The highest BCUT2D eigenvalue weighted by atomic mass is 32.1. The molecule has 0 N–H and O–H groups in total. The molecular formula is C38H34FN5O3S. The Labute approximate surface area is 283 Å². The molecule has 5 aromatic rings. The minimum Gasteiger partial charge on any atom is -0.497 e. The Morgan fingerprint density at radius 1 is 0.917 bits per heavy atom. The minimum absolute atomic E-state index is 0.0266. The van der Waals surface area contributed by atoms with E-state index in [4.69, 9.17) is 16.0 Å². The lowest BCUT2D eigenvalue weighted by molar-refractivity contribution is 0.148. The summed E-state index contributed by atoms with van der Waals surface area (Å²) in [6.45, 7) is 10.0. The summed E-state index contributed by atoms with van der Waals surface area (Å²) in [5.41, 5.74) is 3.61. The number of thiophene rings is 1. The molecule has 0 fully saturated rings. The molecule has 1 aromatic heterocycles. The van der Waals surface area contributed by atoms with E-state index < -0.39 is 17.4 Å². The summed E-state index contributed by atoms with van der Waals surface area (Å²) in [4.78, 5) is 25.4. The van der Waals surface area contributed by atoms with Gasteiger partial charge >= 0.3 is 6.09 Å². The zero-order chi connectivity index (χ0) is 33.8. The smallest absolute Gasteiger partial charge is 0.437 e. The Balaban J connectivity index is 1.51. The van der Waals surface area contributed by atoms with Gasteiger partial charge in [-0.25, -0.2) is 14.0 Å². The Bertz CT molecular complexity index is 2010. The standard InChI is InChI=1S/C38H34FN5O3S/c1-38(35-22-21-34(48-35)28-17-20-31(39)32(23-28)40-2)30-13-9-10-14-33(30)42(3)43(4)36(41-37(45)47-25-27-11-7-6-8-12-27)44(38)24-26-15-18-29(46-5)19-16-26/h6-23H,24-25H2,1,3-5H3/b41-36+. The van der Waals surface area contributed by atoms with Crippen LogP contribution in [0.3, 0.4) is 0 Å². The van der Waals surface area contributed by atoms with Crippen LogP contribution >= 0.6 is 11.3 Å². The Hall–Kier alpha value is -5.66. The van der Waals surface area contributed by atoms with Gasteiger partial charge in [0.2, 0.25) is 11.6 Å². The van der Waals surface area contributed by atoms with E-state index in [9.17, 15) is 9.18 Å². The quantitative estimate of drug-likeness (QED) is 0.163. The molecule has 1 atom stereocenters. The van der Waals surface area contributed by atoms with Gasteiger partial charge in [0.15, 0.2) is 0 Å². The van der Waals surface area contributed by atoms with Crippen molar-refractivity contribution in [1.82, 2.24) is 9.91 Å². The van der Waals surface area contributed by atoms with Crippen LogP contribution in [0.4, 0.5) is 20.6 Å². The van der Waals surface area contributed by atoms with Crippen molar-refractivity contribution in [3.05, 3.63) is 148 Å². The number of fused-ring (bicyclic) bond motifs is 1. The number of rotatable bonds is 7. The molecule has 1 unspecified atom stereocenters. The topological polar surface area (TPSA) is 62.0 Å². The fourth-order valence-electron chi connectivity index (χ4n) is 5.86. The van der Waals surface area contributed by atoms with E-state index in [-0.39, 0.29) is 12.3 Å². The Morgan fingerprint density at radius 2 is 1.65 bits per heavy atom. The largest absolute Gasteiger partial charge is 0.497 e. The summed E-state index contributed by atoms with van der Waals surface area (Å²) in [5, 5.41) is 3.83. The lowest BCUT2D eigenvalue weighted by atomic mass is 9.86. The van der Waals surface area contributed by atoms with Crippen molar-refractivity contribution in [2.24, 2.45) is 4.99 Å². The van der Waals surface area contributed by atoms with Crippen LogP contribution in [0.15, 0.2) is 114 Å². The molecule has 2 heterocycles. The number of hydrazine groups is 1. The molecule has 242 valence electrons. The molecule has 6 rings (SSSR count). The first-order valence-corrected chi connectivity index (χ1v) is 16.1. The molecule has 1 amide bonds. The fourth-order valence-corrected chi connectivity index (χ4v) is 7.04. The number of halogens is 1. The molecule has 0 bridgehead atoms. The monoisotopic (exact) mass is 659 g/mol. The number of benzene rings is 4. The zero-order valence-corrected chi connectivity index (χ0v) is 27.9. The molecular weight excluding hydrogens is 626 g/mol. The van der Waals surface area contributed by atoms with Crippen LogP contribution in [0.5, 0.6) is 5.75 Å². The number of ether oxygens (including phenoxy) is 2. The maximum atomic E-state index is 14.2. The first-order valence-electron chi connectivity index (χ1n) is 15.3. The number of nitrogens with zero attached hydrogens (tertiary/aromatic N) is 5. The van der Waals surface area contributed by atoms with E-state index in [2.05, 4.69) is 33.8 Å². The second-order valence-electron chi connectivity index (χ2n) is 11.5. The van der Waals surface area contributed by atoms with E-state index >= 15 is 0 Å². The highest BCUT2D eigenvalue weighted by molar-refractivity contribution is 7.15. The van der Waals surface area contributed by atoms with Gasteiger partial charge in [0.1, 0.15) is 23.7 Å². The maximum Gasteiger partial charge on any atom is 0.437 e. The van der Waals surface area contributed by atoms with E-state index in [1.807, 2.05) is 103 Å². The molecule has 0 saturated carbocycles. The first kappa shape index (κ1) is 32.3. The third-order valence-corrected chi connectivity index (χ3v) is 9.98. The number of guanidine groups is 1. The van der Waals surface area contributed by atoms with E-state index in [1.54, 1.807) is 30.6 Å². The van der Waals surface area contributed by atoms with Crippen molar-refractivity contribution < 1.29 is 18.7 Å². The van der Waals surface area contributed by atoms with Gasteiger partial charge in [0.05, 0.1) is 19.4 Å². The molecule has 1 aliphatic rings. The number of aliphatic imine (C=N–C) groups is 1. The number of para-hydroxylation sites is 1. The van der Waals surface area contributed by atoms with Gasteiger partial charge in [0, 0.05) is 36.0 Å². The highest BCUT2D eigenvalue weighted by Crippen LogP contribution is 2.48. The highest BCUT2D eigenvalue weighted by Gasteiger charge is 2.45. The Morgan fingerprint density at radius 3 is 2.38 bits per heavy atom. The molecule has 48 heavy (non-hydrogen) atoms. The van der Waals surface area contributed by atoms with Crippen molar-refractivity contribution in [2.45, 2.75) is 25.6 Å². The van der Waals surface area contributed by atoms with Crippen molar-refractivity contribution in [1.29, 1.82) is 0 Å². The van der Waals surface area contributed by atoms with Gasteiger partial charge in [-0.3, -0.25) is 10.0 Å². The minimum atomic E-state index is -0.861. The summed E-state index contributed by atoms with van der Waals surface area (Å²) in [6, 6.07) is 34.1. The van der Waals surface area contributed by atoms with Crippen molar-refractivity contribution >= 4 is 34.8 Å². The van der Waals surface area contributed by atoms with E-state index in [1.165, 1.54) is 6.07 Å². The van der Waals surface area contributed by atoms with Crippen LogP contribution < -0.4 is 9.75 Å². The number of methoxy groups -OCH3 is 1. The van der Waals surface area contributed by atoms with Crippen LogP contribution in [0.25, 0.3) is 15.3 Å². The second kappa shape index (κ2) is 13.6. The average molecular weight is 660 g/mol. The van der Waals surface area contributed by atoms with Crippen LogP contribution in [0.1, 0.15) is 28.5 Å². The van der Waals surface area contributed by atoms with Crippen molar-refractivity contribution in [2.75, 3.05) is 26.2 Å². The molecule has 0 aliphatic carbocycles. The molecule has 0 radical (unpaired) electrons. The summed E-state index contributed by atoms with van der Waals surface area (Å²) in [6.07, 6.45) is -0.716. The van der Waals surface area contributed by atoms with Crippen LogP contribution in [0.2, 0.25) is 0 Å². The molecule has 1 aliphatic heterocycles. The number of carbonyl (C=O) groups excluding carboxylic acids is 1. The predicted molar refractivity (Wildman–Crippen MR) is 188 cm³/mol. The van der Waals surface area contributed by atoms with Gasteiger partial charge in [0.25, 0.3) is 0 Å². The Kier molecular flexibility index (Phi) is 9.15. The average Bonchev–Trinajstić information content (AvgIpc) is 3.61. The van der Waals surface area contributed by atoms with Crippen LogP contribution in [-0.4, -0.2) is 43.2 Å². The van der Waals surface area contributed by atoms with Crippen LogP contribution in [0, 0.1) is 12.4 Å². The predicted octanol–water partition coefficient (Wildman–Crippen LogP) is 8.87. The van der Waals surface area contributed by atoms with E-state index in [0.717, 1.165) is 43.4 Å². The summed E-state index contributed by atoms with van der Waals surface area (Å²) in [5.74, 6) is 0.572. The van der Waals surface area contributed by atoms with Crippen molar-refractivity contribution in [3.63, 3.8) is 0 Å². The molecule has 8 nitrogen and oxygen atoms in total. The normalized spacial score (nSPS) is 16.7. The van der Waals surface area contributed by atoms with Gasteiger partial charge in [-0.2, -0.15) is 0 Å². The maximum absolute atomic E-state index is 14.2. The number of hydrogen-bond acceptors (Lipinski definition) is 5. The number of hydrogen-bond donors (Lipinski definition) is 0. The SMILES string of the molecule is [C-]#[N+]c1cc(-c2ccc(C3(C)c4ccccc4N(C)N(C)/C(=N\C(=O)OCc4ccccc4)N3Cc3ccc(OC)cc3)s2)ccc1F. The first-order chi connectivity index (χ1) is 23.2.